The van der Waals surface area contributed by atoms with E-state index in [1.807, 2.05) is 0 Å². The molecule has 5 rings (SSSR count). The van der Waals surface area contributed by atoms with Crippen LogP contribution in [0.1, 0.15) is 29.7 Å². The third kappa shape index (κ3) is 6.46. The molecule has 0 saturated carbocycles. The molecule has 0 amide bonds. The van der Waals surface area contributed by atoms with Gasteiger partial charge >= 0.3 is 12.1 Å². The Balaban J connectivity index is 1.60. The lowest BCUT2D eigenvalue weighted by molar-refractivity contribution is -0.140. The van der Waals surface area contributed by atoms with Crippen LogP contribution in [0.15, 0.2) is 92.3 Å². The summed E-state index contributed by atoms with van der Waals surface area (Å²) in [5.41, 5.74) is -1.76. The van der Waals surface area contributed by atoms with Crippen molar-refractivity contribution in [2.45, 2.75) is 25.7 Å². The maximum absolute atomic E-state index is 14.3. The van der Waals surface area contributed by atoms with Gasteiger partial charge in [0.15, 0.2) is 10.5 Å². The number of rotatable bonds is 7. The highest BCUT2D eigenvalue weighted by Gasteiger charge is 2.45. The van der Waals surface area contributed by atoms with Crippen molar-refractivity contribution in [3.8, 4) is 5.75 Å². The first-order valence-corrected chi connectivity index (χ1v) is 14.7. The van der Waals surface area contributed by atoms with Crippen molar-refractivity contribution in [3.63, 3.8) is 0 Å². The minimum Gasteiger partial charge on any atom is -0.488 e. The quantitative estimate of drug-likeness (QED) is 0.164. The average Bonchev–Trinajstić information content (AvgIpc) is 3.27. The minimum atomic E-state index is -5.01. The molecule has 0 bridgehead atoms. The Morgan fingerprint density at radius 2 is 1.86 bits per heavy atom. The van der Waals surface area contributed by atoms with Gasteiger partial charge in [-0.3, -0.25) is 9.36 Å². The van der Waals surface area contributed by atoms with E-state index in [1.165, 1.54) is 43.3 Å². The number of carbonyl (C=O) groups excluding carboxylic acids is 1. The number of aromatic nitrogens is 1. The van der Waals surface area contributed by atoms with E-state index >= 15 is 0 Å². The lowest BCUT2D eigenvalue weighted by Gasteiger charge is -2.26. The van der Waals surface area contributed by atoms with Gasteiger partial charge in [0, 0.05) is 10.6 Å². The molecule has 2 heterocycles. The highest BCUT2D eigenvalue weighted by atomic mass is 79.9. The smallest absolute Gasteiger partial charge is 0.434 e. The van der Waals surface area contributed by atoms with Crippen LogP contribution < -0.4 is 19.6 Å². The van der Waals surface area contributed by atoms with Crippen molar-refractivity contribution in [1.29, 1.82) is 0 Å². The normalized spacial score (nSPS) is 15.2. The highest BCUT2D eigenvalue weighted by molar-refractivity contribution is 9.10. The molecule has 0 saturated heterocycles. The number of hydrogen-bond donors (Lipinski definition) is 0. The SMILES string of the molecule is CCOC(=O)C1=C(C(F)(F)F)N=c2s/c(=C\c3ccc(OCc4ccccc4F)c(Br)c3)c(=O)n2[C@@H]1c1ccc(Cl)cc1. The van der Waals surface area contributed by atoms with Crippen molar-refractivity contribution >= 4 is 50.9 Å². The van der Waals surface area contributed by atoms with Gasteiger partial charge < -0.3 is 9.47 Å². The molecule has 0 unspecified atom stereocenters. The molecule has 222 valence electrons. The number of halogens is 6. The van der Waals surface area contributed by atoms with E-state index in [2.05, 4.69) is 20.9 Å². The molecule has 1 aliphatic rings. The van der Waals surface area contributed by atoms with Crippen LogP contribution in [-0.2, 0) is 16.1 Å². The predicted octanol–water partition coefficient (Wildman–Crippen LogP) is 6.47. The number of fused-ring (bicyclic) bond motifs is 1. The topological polar surface area (TPSA) is 69.9 Å². The van der Waals surface area contributed by atoms with E-state index in [-0.39, 0.29) is 28.1 Å². The second-order valence-corrected chi connectivity index (χ2v) is 11.5. The van der Waals surface area contributed by atoms with E-state index in [0.717, 1.165) is 15.9 Å². The van der Waals surface area contributed by atoms with Crippen molar-refractivity contribution in [2.75, 3.05) is 6.61 Å². The molecular formula is C30H20BrClF4N2O4S. The van der Waals surface area contributed by atoms with E-state index < -0.39 is 40.8 Å². The predicted molar refractivity (Wildman–Crippen MR) is 157 cm³/mol. The van der Waals surface area contributed by atoms with Crippen LogP contribution in [0, 0.1) is 5.82 Å². The molecule has 1 aliphatic heterocycles. The maximum atomic E-state index is 14.3. The standard InChI is InChI=1S/C30H20BrClF4N2O4S/c1-2-41-28(40)24-25(17-8-10-19(32)11-9-17)38-27(39)23(43-29(38)37-26(24)30(34,35)36)14-16-7-12-22(20(31)13-16)42-15-18-5-3-4-6-21(18)33/h3-14,25H,2,15H2,1H3/b23-14-/t25-/m1/s1. The van der Waals surface area contributed by atoms with Crippen LogP contribution in [0.4, 0.5) is 17.6 Å². The van der Waals surface area contributed by atoms with Gasteiger partial charge in [-0.15, -0.1) is 0 Å². The van der Waals surface area contributed by atoms with Gasteiger partial charge in [0.1, 0.15) is 18.2 Å². The maximum Gasteiger partial charge on any atom is 0.434 e. The Morgan fingerprint density at radius 1 is 1.14 bits per heavy atom. The third-order valence-electron chi connectivity index (χ3n) is 6.38. The molecule has 0 N–H and O–H groups in total. The van der Waals surface area contributed by atoms with Crippen LogP contribution in [-0.4, -0.2) is 23.3 Å². The molecular weight excluding hydrogens is 676 g/mol. The zero-order chi connectivity index (χ0) is 30.9. The molecule has 3 aromatic carbocycles. The number of hydrogen-bond acceptors (Lipinski definition) is 6. The van der Waals surface area contributed by atoms with Crippen LogP contribution in [0.5, 0.6) is 5.75 Å². The van der Waals surface area contributed by atoms with Gasteiger partial charge in [0.05, 0.1) is 27.2 Å². The summed E-state index contributed by atoms with van der Waals surface area (Å²) in [6.45, 7) is 1.27. The van der Waals surface area contributed by atoms with Crippen molar-refractivity contribution < 1.29 is 31.8 Å². The Hall–Kier alpha value is -3.74. The Labute approximate surface area is 259 Å². The summed E-state index contributed by atoms with van der Waals surface area (Å²) in [7, 11) is 0. The van der Waals surface area contributed by atoms with E-state index in [9.17, 15) is 27.2 Å². The molecule has 1 aromatic heterocycles. The lowest BCUT2D eigenvalue weighted by Crippen LogP contribution is -2.41. The summed E-state index contributed by atoms with van der Waals surface area (Å²) in [6, 6.07) is 15.4. The Bertz CT molecular complexity index is 1920. The van der Waals surface area contributed by atoms with Crippen LogP contribution in [0.2, 0.25) is 5.02 Å². The molecule has 0 spiro atoms. The zero-order valence-corrected chi connectivity index (χ0v) is 25.3. The number of allylic oxidation sites excluding steroid dienone is 1. The first kappa shape index (κ1) is 30.7. The molecule has 6 nitrogen and oxygen atoms in total. The number of esters is 1. The fourth-order valence-corrected chi connectivity index (χ4v) is 6.09. The third-order valence-corrected chi connectivity index (χ3v) is 8.23. The van der Waals surface area contributed by atoms with Gasteiger partial charge in [-0.2, -0.15) is 13.2 Å². The van der Waals surface area contributed by atoms with Crippen molar-refractivity contribution in [1.82, 2.24) is 4.57 Å². The van der Waals surface area contributed by atoms with Crippen LogP contribution >= 0.6 is 38.9 Å². The van der Waals surface area contributed by atoms with Crippen LogP contribution in [0.25, 0.3) is 6.08 Å². The van der Waals surface area contributed by atoms with Crippen molar-refractivity contribution in [3.05, 3.63) is 130 Å². The second kappa shape index (κ2) is 12.5. The minimum absolute atomic E-state index is 0.0156. The summed E-state index contributed by atoms with van der Waals surface area (Å²) in [4.78, 5) is 30.2. The van der Waals surface area contributed by atoms with Gasteiger partial charge in [-0.1, -0.05) is 59.3 Å². The summed E-state index contributed by atoms with van der Waals surface area (Å²) < 4.78 is 69.1. The van der Waals surface area contributed by atoms with Gasteiger partial charge in [0.25, 0.3) is 5.56 Å². The van der Waals surface area contributed by atoms with Crippen molar-refractivity contribution in [2.24, 2.45) is 4.99 Å². The number of thiazole rings is 1. The number of carbonyl (C=O) groups is 1. The largest absolute Gasteiger partial charge is 0.488 e. The molecule has 0 aliphatic carbocycles. The molecule has 4 aromatic rings. The Kier molecular flexibility index (Phi) is 8.91. The molecule has 43 heavy (non-hydrogen) atoms. The molecule has 13 heteroatoms. The zero-order valence-electron chi connectivity index (χ0n) is 22.1. The summed E-state index contributed by atoms with van der Waals surface area (Å²) in [5.74, 6) is -1.22. The number of ether oxygens (including phenoxy) is 2. The van der Waals surface area contributed by atoms with E-state index in [0.29, 0.717) is 26.4 Å². The summed E-state index contributed by atoms with van der Waals surface area (Å²) >= 11 is 10.2. The highest BCUT2D eigenvalue weighted by Crippen LogP contribution is 2.38. The van der Waals surface area contributed by atoms with Gasteiger partial charge in [-0.05, 0) is 70.4 Å². The fourth-order valence-electron chi connectivity index (χ4n) is 4.45. The van der Waals surface area contributed by atoms with Gasteiger partial charge in [-0.25, -0.2) is 14.2 Å². The summed E-state index contributed by atoms with van der Waals surface area (Å²) in [5, 5.41) is 0.320. The Morgan fingerprint density at radius 3 is 2.51 bits per heavy atom. The monoisotopic (exact) mass is 694 g/mol. The number of nitrogens with zero attached hydrogens (tertiary/aromatic N) is 2. The van der Waals surface area contributed by atoms with Gasteiger partial charge in [0.2, 0.25) is 0 Å². The lowest BCUT2D eigenvalue weighted by atomic mass is 9.95. The number of benzene rings is 3. The fraction of sp³-hybridized carbons (Fsp3) is 0.167. The van der Waals surface area contributed by atoms with E-state index in [1.54, 1.807) is 36.4 Å². The second-order valence-electron chi connectivity index (χ2n) is 9.18. The average molecular weight is 696 g/mol. The van der Waals surface area contributed by atoms with E-state index in [4.69, 9.17) is 21.1 Å². The molecule has 1 atom stereocenters. The summed E-state index contributed by atoms with van der Waals surface area (Å²) in [6.07, 6.45) is -3.51. The number of alkyl halides is 3. The van der Waals surface area contributed by atoms with Crippen LogP contribution in [0.3, 0.4) is 0 Å². The first-order valence-electron chi connectivity index (χ1n) is 12.7. The molecule has 0 radical (unpaired) electrons. The first-order chi connectivity index (χ1) is 20.5. The molecule has 0 fully saturated rings.